The summed E-state index contributed by atoms with van der Waals surface area (Å²) in [5, 5.41) is 4.19. The van der Waals surface area contributed by atoms with E-state index in [0.29, 0.717) is 39.3 Å². The highest BCUT2D eigenvalue weighted by molar-refractivity contribution is 7.92. The average Bonchev–Trinajstić information content (AvgIpc) is 2.82. The van der Waals surface area contributed by atoms with Crippen molar-refractivity contribution >= 4 is 62.3 Å². The molecule has 0 radical (unpaired) electrons. The van der Waals surface area contributed by atoms with Gasteiger partial charge in [0.15, 0.2) is 0 Å². The lowest BCUT2D eigenvalue weighted by molar-refractivity contribution is -0.141. The Morgan fingerprint density at radius 1 is 1.00 bits per heavy atom. The number of hydrogen-bond donors (Lipinski definition) is 1. The van der Waals surface area contributed by atoms with Crippen LogP contribution >= 0.6 is 34.8 Å². The molecule has 0 aliphatic carbocycles. The lowest BCUT2D eigenvalue weighted by atomic mass is 10.1. The highest BCUT2D eigenvalue weighted by atomic mass is 35.5. The number of carbonyl (C=O) groups excluding carboxylic acids is 2. The van der Waals surface area contributed by atoms with Crippen molar-refractivity contribution in [2.75, 3.05) is 23.7 Å². The monoisotopic (exact) mass is 589 g/mol. The van der Waals surface area contributed by atoms with Gasteiger partial charge in [-0.3, -0.25) is 13.9 Å². The van der Waals surface area contributed by atoms with E-state index in [0.717, 1.165) is 19.1 Å². The third-order valence-corrected chi connectivity index (χ3v) is 7.84. The number of unbranched alkanes of at least 4 members (excludes halogenated alkanes) is 1. The van der Waals surface area contributed by atoms with E-state index < -0.39 is 16.1 Å². The maximum Gasteiger partial charge on any atom is 0.242 e. The topological polar surface area (TPSA) is 86.8 Å². The Hall–Kier alpha value is -2.00. The van der Waals surface area contributed by atoms with Gasteiger partial charge in [-0.15, -0.1) is 0 Å². The predicted octanol–water partition coefficient (Wildman–Crippen LogP) is 5.92. The number of carbonyl (C=O) groups is 2. The molecule has 2 rings (SSSR count). The highest BCUT2D eigenvalue weighted by Gasteiger charge is 2.29. The Labute approximate surface area is 235 Å². The standard InChI is InChI=1S/C26H34Cl3N3O4S/c1-4-6-14-30-26(34)24(5-2)31(18-19-12-13-21(28)17-23(19)29)25(33)11-8-15-32(37(3,35)36)22-10-7-9-20(27)16-22/h7,9-10,12-13,16-17,24H,4-6,8,11,14-15,18H2,1-3H3,(H,30,34). The van der Waals surface area contributed by atoms with Crippen LogP contribution in [0.25, 0.3) is 0 Å². The largest absolute Gasteiger partial charge is 0.354 e. The fourth-order valence-electron chi connectivity index (χ4n) is 3.89. The minimum Gasteiger partial charge on any atom is -0.354 e. The molecule has 0 aliphatic rings. The van der Waals surface area contributed by atoms with E-state index in [1.807, 2.05) is 13.8 Å². The molecule has 204 valence electrons. The van der Waals surface area contributed by atoms with Crippen molar-refractivity contribution in [1.29, 1.82) is 0 Å². The van der Waals surface area contributed by atoms with Gasteiger partial charge in [0.2, 0.25) is 21.8 Å². The molecule has 0 spiro atoms. The summed E-state index contributed by atoms with van der Waals surface area (Å²) in [6.45, 7) is 4.61. The molecular weight excluding hydrogens is 557 g/mol. The summed E-state index contributed by atoms with van der Waals surface area (Å²) in [7, 11) is -3.60. The molecule has 2 aromatic carbocycles. The van der Waals surface area contributed by atoms with E-state index in [2.05, 4.69) is 5.32 Å². The van der Waals surface area contributed by atoms with Crippen molar-refractivity contribution in [3.05, 3.63) is 63.1 Å². The number of benzene rings is 2. The van der Waals surface area contributed by atoms with Crippen molar-refractivity contribution in [3.8, 4) is 0 Å². The average molecular weight is 591 g/mol. The van der Waals surface area contributed by atoms with Crippen LogP contribution in [0.1, 0.15) is 51.5 Å². The minimum atomic E-state index is -3.60. The van der Waals surface area contributed by atoms with E-state index in [9.17, 15) is 18.0 Å². The number of nitrogens with zero attached hydrogens (tertiary/aromatic N) is 2. The van der Waals surface area contributed by atoms with Crippen molar-refractivity contribution in [2.45, 2.75) is 58.5 Å². The summed E-state index contributed by atoms with van der Waals surface area (Å²) in [5.41, 5.74) is 1.09. The van der Waals surface area contributed by atoms with Crippen LogP contribution in [0.3, 0.4) is 0 Å². The van der Waals surface area contributed by atoms with E-state index >= 15 is 0 Å². The molecule has 1 unspecified atom stereocenters. The molecule has 0 aliphatic heterocycles. The van der Waals surface area contributed by atoms with Crippen LogP contribution in [0.15, 0.2) is 42.5 Å². The summed E-state index contributed by atoms with van der Waals surface area (Å²) in [4.78, 5) is 28.0. The third kappa shape index (κ3) is 9.67. The molecule has 1 N–H and O–H groups in total. The van der Waals surface area contributed by atoms with Crippen LogP contribution < -0.4 is 9.62 Å². The van der Waals surface area contributed by atoms with Gasteiger partial charge in [0.05, 0.1) is 11.9 Å². The Kier molecular flexibility index (Phi) is 12.5. The summed E-state index contributed by atoms with van der Waals surface area (Å²) >= 11 is 18.5. The van der Waals surface area contributed by atoms with Crippen LogP contribution in [0, 0.1) is 0 Å². The van der Waals surface area contributed by atoms with Gasteiger partial charge in [-0.25, -0.2) is 8.42 Å². The molecule has 0 saturated heterocycles. The second-order valence-corrected chi connectivity index (χ2v) is 11.9. The van der Waals surface area contributed by atoms with Gasteiger partial charge in [-0.1, -0.05) is 67.2 Å². The molecule has 0 fully saturated rings. The quantitative estimate of drug-likeness (QED) is 0.277. The second kappa shape index (κ2) is 14.8. The van der Waals surface area contributed by atoms with Crippen LogP contribution in [-0.2, 0) is 26.2 Å². The fourth-order valence-corrected chi connectivity index (χ4v) is 5.50. The maximum atomic E-state index is 13.5. The lowest BCUT2D eigenvalue weighted by Gasteiger charge is -2.31. The number of rotatable bonds is 14. The van der Waals surface area contributed by atoms with Crippen molar-refractivity contribution < 1.29 is 18.0 Å². The number of halogens is 3. The molecular formula is C26H34Cl3N3O4S. The van der Waals surface area contributed by atoms with Gasteiger partial charge < -0.3 is 10.2 Å². The zero-order chi connectivity index (χ0) is 27.6. The maximum absolute atomic E-state index is 13.5. The number of amides is 2. The van der Waals surface area contributed by atoms with E-state index in [4.69, 9.17) is 34.8 Å². The Balaban J connectivity index is 2.23. The van der Waals surface area contributed by atoms with Crippen LogP contribution in [0.2, 0.25) is 15.1 Å². The first kappa shape index (κ1) is 31.2. The van der Waals surface area contributed by atoms with Gasteiger partial charge >= 0.3 is 0 Å². The second-order valence-electron chi connectivity index (χ2n) is 8.74. The van der Waals surface area contributed by atoms with Crippen molar-refractivity contribution in [3.63, 3.8) is 0 Å². The summed E-state index contributed by atoms with van der Waals surface area (Å²) in [6.07, 6.45) is 3.58. The fraction of sp³-hybridized carbons (Fsp3) is 0.462. The zero-order valence-electron chi connectivity index (χ0n) is 21.3. The van der Waals surface area contributed by atoms with Gasteiger partial charge in [0.25, 0.3) is 0 Å². The molecule has 0 heterocycles. The Morgan fingerprint density at radius 2 is 1.70 bits per heavy atom. The van der Waals surface area contributed by atoms with E-state index in [-0.39, 0.29) is 37.7 Å². The van der Waals surface area contributed by atoms with E-state index in [1.54, 1.807) is 42.5 Å². The number of nitrogens with one attached hydrogen (secondary N) is 1. The molecule has 0 saturated carbocycles. The SMILES string of the molecule is CCCCNC(=O)C(CC)N(Cc1ccc(Cl)cc1Cl)C(=O)CCCN(c1cccc(Cl)c1)S(C)(=O)=O. The van der Waals surface area contributed by atoms with E-state index in [1.165, 1.54) is 9.21 Å². The van der Waals surface area contributed by atoms with Crippen LogP contribution in [0.4, 0.5) is 5.69 Å². The van der Waals surface area contributed by atoms with Crippen molar-refractivity contribution in [2.24, 2.45) is 0 Å². The molecule has 1 atom stereocenters. The molecule has 0 aromatic heterocycles. The lowest BCUT2D eigenvalue weighted by Crippen LogP contribution is -2.49. The first-order valence-corrected chi connectivity index (χ1v) is 15.2. The zero-order valence-corrected chi connectivity index (χ0v) is 24.4. The number of anilines is 1. The van der Waals surface area contributed by atoms with Crippen molar-refractivity contribution in [1.82, 2.24) is 10.2 Å². The van der Waals surface area contributed by atoms with Crippen LogP contribution in [-0.4, -0.2) is 50.5 Å². The predicted molar refractivity (Wildman–Crippen MR) is 152 cm³/mol. The molecule has 37 heavy (non-hydrogen) atoms. The molecule has 7 nitrogen and oxygen atoms in total. The number of hydrogen-bond acceptors (Lipinski definition) is 4. The first-order valence-electron chi connectivity index (χ1n) is 12.2. The molecule has 11 heteroatoms. The van der Waals surface area contributed by atoms with Gasteiger partial charge in [-0.2, -0.15) is 0 Å². The normalized spacial score (nSPS) is 12.2. The highest BCUT2D eigenvalue weighted by Crippen LogP contribution is 2.25. The Bertz CT molecular complexity index is 1180. The smallest absolute Gasteiger partial charge is 0.242 e. The molecule has 2 aromatic rings. The summed E-state index contributed by atoms with van der Waals surface area (Å²) in [6, 6.07) is 10.9. The van der Waals surface area contributed by atoms with Crippen LogP contribution in [0.5, 0.6) is 0 Å². The summed E-state index contributed by atoms with van der Waals surface area (Å²) in [5.74, 6) is -0.505. The molecule has 0 bridgehead atoms. The third-order valence-electron chi connectivity index (χ3n) is 5.82. The Morgan fingerprint density at radius 3 is 2.30 bits per heavy atom. The van der Waals surface area contributed by atoms with Gasteiger partial charge in [-0.05, 0) is 55.2 Å². The van der Waals surface area contributed by atoms with Gasteiger partial charge in [0.1, 0.15) is 6.04 Å². The number of sulfonamides is 1. The summed E-state index contributed by atoms with van der Waals surface area (Å²) < 4.78 is 26.1. The molecule has 2 amide bonds. The first-order chi connectivity index (χ1) is 17.5. The minimum absolute atomic E-state index is 0.0382. The van der Waals surface area contributed by atoms with Gasteiger partial charge in [0, 0.05) is 41.1 Å².